The van der Waals surface area contributed by atoms with Gasteiger partial charge in [0.1, 0.15) is 6.29 Å². The van der Waals surface area contributed by atoms with Crippen LogP contribution in [0.3, 0.4) is 0 Å². The summed E-state index contributed by atoms with van der Waals surface area (Å²) in [6.45, 7) is 1.32. The number of carbonyl (C=O) groups is 2. The maximum atomic E-state index is 10.0. The third-order valence-electron chi connectivity index (χ3n) is 1.06. The van der Waals surface area contributed by atoms with Gasteiger partial charge in [0.05, 0.1) is 12.0 Å². The van der Waals surface area contributed by atoms with Gasteiger partial charge in [0.25, 0.3) is 0 Å². The lowest BCUT2D eigenvalue weighted by Crippen LogP contribution is -2.27. The predicted molar refractivity (Wildman–Crippen MR) is 33.6 cm³/mol. The van der Waals surface area contributed by atoms with E-state index in [1.165, 1.54) is 6.92 Å². The van der Waals surface area contributed by atoms with Gasteiger partial charge in [-0.2, -0.15) is 0 Å². The molecule has 0 aromatic rings. The largest absolute Gasteiger partial charge is 0.481 e. The summed E-state index contributed by atoms with van der Waals surface area (Å²) in [6, 6.07) is 0. The molecule has 2 N–H and O–H groups in total. The summed E-state index contributed by atoms with van der Waals surface area (Å²) in [6.07, 6.45) is -0.0338. The highest BCUT2D eigenvalue weighted by molar-refractivity contribution is 5.69. The number of hydrogen-bond donors (Lipinski definition) is 2. The maximum absolute atomic E-state index is 10.0. The zero-order chi connectivity index (χ0) is 8.20. The zero-order valence-electron chi connectivity index (χ0n) is 5.70. The Hall–Kier alpha value is -0.900. The normalized spacial score (nSPS) is 15.8. The lowest BCUT2D eigenvalue weighted by molar-refractivity contribution is -0.142. The summed E-state index contributed by atoms with van der Waals surface area (Å²) in [5.74, 6) is -1.10. The lowest BCUT2D eigenvalue weighted by atomic mass is 9.99. The molecule has 0 heterocycles. The van der Waals surface area contributed by atoms with Crippen molar-refractivity contribution in [2.24, 2.45) is 0 Å². The molecule has 0 aliphatic carbocycles. The second kappa shape index (κ2) is 3.31. The molecule has 58 valence electrons. The van der Waals surface area contributed by atoms with E-state index in [1.807, 2.05) is 0 Å². The van der Waals surface area contributed by atoms with E-state index < -0.39 is 18.0 Å². The minimum Gasteiger partial charge on any atom is -0.481 e. The van der Waals surface area contributed by atoms with Crippen LogP contribution in [-0.4, -0.2) is 28.1 Å². The topological polar surface area (TPSA) is 74.6 Å². The molecule has 4 heteroatoms. The third kappa shape index (κ3) is 4.03. The summed E-state index contributed by atoms with van der Waals surface area (Å²) in [7, 11) is 0. The van der Waals surface area contributed by atoms with E-state index in [1.54, 1.807) is 0 Å². The molecule has 4 nitrogen and oxygen atoms in total. The molecule has 10 heavy (non-hydrogen) atoms. The highest BCUT2D eigenvalue weighted by Crippen LogP contribution is 2.11. The summed E-state index contributed by atoms with van der Waals surface area (Å²) < 4.78 is 0. The molecule has 0 saturated heterocycles. The number of carboxylic acids is 1. The van der Waals surface area contributed by atoms with Gasteiger partial charge in [-0.3, -0.25) is 4.79 Å². The number of rotatable bonds is 4. The predicted octanol–water partition coefficient (Wildman–Crippen LogP) is -0.199. The highest BCUT2D eigenvalue weighted by atomic mass is 16.4. The van der Waals surface area contributed by atoms with Gasteiger partial charge in [0.15, 0.2) is 0 Å². The van der Waals surface area contributed by atoms with Crippen molar-refractivity contribution >= 4 is 12.3 Å². The van der Waals surface area contributed by atoms with Gasteiger partial charge in [0, 0.05) is 6.42 Å². The van der Waals surface area contributed by atoms with Gasteiger partial charge in [-0.05, 0) is 6.92 Å². The average Bonchev–Trinajstić information content (AvgIpc) is 1.59. The van der Waals surface area contributed by atoms with Crippen molar-refractivity contribution in [3.63, 3.8) is 0 Å². The molecule has 0 rings (SSSR count). The molecule has 1 atom stereocenters. The molecule has 0 radical (unpaired) electrons. The Balaban J connectivity index is 3.85. The Morgan fingerprint density at radius 3 is 2.50 bits per heavy atom. The molecule has 0 aromatic heterocycles. The molecule has 0 aliphatic rings. The van der Waals surface area contributed by atoms with Crippen LogP contribution in [0.25, 0.3) is 0 Å². The van der Waals surface area contributed by atoms with Crippen LogP contribution in [0.2, 0.25) is 0 Å². The van der Waals surface area contributed by atoms with Crippen molar-refractivity contribution in [2.75, 3.05) is 0 Å². The molecule has 0 aromatic carbocycles. The summed E-state index contributed by atoms with van der Waals surface area (Å²) in [4.78, 5) is 19.9. The fraction of sp³-hybridized carbons (Fsp3) is 0.667. The van der Waals surface area contributed by atoms with Crippen molar-refractivity contribution in [1.29, 1.82) is 0 Å². The average molecular weight is 146 g/mol. The number of aldehydes is 1. The minimum absolute atomic E-state index is 0.140. The van der Waals surface area contributed by atoms with Gasteiger partial charge in [0.2, 0.25) is 0 Å². The summed E-state index contributed by atoms with van der Waals surface area (Å²) in [5.41, 5.74) is -1.40. The van der Waals surface area contributed by atoms with Gasteiger partial charge in [-0.15, -0.1) is 0 Å². The van der Waals surface area contributed by atoms with Gasteiger partial charge >= 0.3 is 5.97 Å². The minimum atomic E-state index is -1.40. The molecule has 0 saturated carbocycles. The number of hydrogen-bond acceptors (Lipinski definition) is 3. The Kier molecular flexibility index (Phi) is 3.02. The van der Waals surface area contributed by atoms with E-state index in [0.717, 1.165) is 0 Å². The summed E-state index contributed by atoms with van der Waals surface area (Å²) >= 11 is 0. The van der Waals surface area contributed by atoms with Gasteiger partial charge in [-0.25, -0.2) is 0 Å². The molecule has 0 bridgehead atoms. The number of carbonyl (C=O) groups excluding carboxylic acids is 1. The van der Waals surface area contributed by atoms with Crippen LogP contribution in [0, 0.1) is 0 Å². The third-order valence-corrected chi connectivity index (χ3v) is 1.06. The molecular formula is C6H10O4. The molecular weight excluding hydrogens is 136 g/mol. The highest BCUT2D eigenvalue weighted by Gasteiger charge is 2.22. The van der Waals surface area contributed by atoms with Crippen LogP contribution < -0.4 is 0 Å². The number of carboxylic acid groups (broad SMARTS) is 1. The van der Waals surface area contributed by atoms with Crippen molar-refractivity contribution < 1.29 is 19.8 Å². The Labute approximate surface area is 58.5 Å². The van der Waals surface area contributed by atoms with Crippen molar-refractivity contribution in [1.82, 2.24) is 0 Å². The van der Waals surface area contributed by atoms with E-state index in [9.17, 15) is 9.59 Å². The van der Waals surface area contributed by atoms with E-state index in [2.05, 4.69) is 0 Å². The van der Waals surface area contributed by atoms with Crippen LogP contribution in [0.4, 0.5) is 0 Å². The smallest absolute Gasteiger partial charge is 0.306 e. The van der Waals surface area contributed by atoms with Crippen molar-refractivity contribution in [3.8, 4) is 0 Å². The van der Waals surface area contributed by atoms with Crippen molar-refractivity contribution in [3.05, 3.63) is 0 Å². The Bertz CT molecular complexity index is 139. The monoisotopic (exact) mass is 146 g/mol. The SMILES string of the molecule is C[C@](O)(CC=O)CC(=O)O. The van der Waals surface area contributed by atoms with Crippen molar-refractivity contribution in [2.45, 2.75) is 25.4 Å². The maximum Gasteiger partial charge on any atom is 0.306 e. The first-order chi connectivity index (χ1) is 4.48. The quantitative estimate of drug-likeness (QED) is 0.538. The van der Waals surface area contributed by atoms with E-state index >= 15 is 0 Å². The van der Waals surface area contributed by atoms with E-state index in [4.69, 9.17) is 10.2 Å². The molecule has 0 aliphatic heterocycles. The fourth-order valence-corrected chi connectivity index (χ4v) is 0.577. The zero-order valence-corrected chi connectivity index (χ0v) is 5.70. The van der Waals surface area contributed by atoms with Crippen LogP contribution >= 0.6 is 0 Å². The van der Waals surface area contributed by atoms with Crippen LogP contribution in [0.5, 0.6) is 0 Å². The standard InChI is InChI=1S/C6H10O4/c1-6(10,2-3-7)4-5(8)9/h3,10H,2,4H2,1H3,(H,8,9)/t6-/m0/s1. The second-order valence-corrected chi connectivity index (χ2v) is 2.44. The van der Waals surface area contributed by atoms with Gasteiger partial charge < -0.3 is 15.0 Å². The molecule has 0 unspecified atom stereocenters. The first kappa shape index (κ1) is 9.10. The van der Waals surface area contributed by atoms with Crippen LogP contribution in [-0.2, 0) is 9.59 Å². The Morgan fingerprint density at radius 2 is 2.20 bits per heavy atom. The van der Waals surface area contributed by atoms with E-state index in [0.29, 0.717) is 6.29 Å². The number of aliphatic carboxylic acids is 1. The molecule has 0 fully saturated rings. The number of aliphatic hydroxyl groups is 1. The summed E-state index contributed by atoms with van der Waals surface area (Å²) in [5, 5.41) is 17.3. The van der Waals surface area contributed by atoms with Gasteiger partial charge in [-0.1, -0.05) is 0 Å². The van der Waals surface area contributed by atoms with Crippen LogP contribution in [0.15, 0.2) is 0 Å². The fourth-order valence-electron chi connectivity index (χ4n) is 0.577. The Morgan fingerprint density at radius 1 is 1.70 bits per heavy atom. The second-order valence-electron chi connectivity index (χ2n) is 2.44. The van der Waals surface area contributed by atoms with Crippen LogP contribution in [0.1, 0.15) is 19.8 Å². The van der Waals surface area contributed by atoms with E-state index in [-0.39, 0.29) is 6.42 Å². The molecule has 0 spiro atoms. The first-order valence-corrected chi connectivity index (χ1v) is 2.86. The lowest BCUT2D eigenvalue weighted by Gasteiger charge is -2.16. The molecule has 0 amide bonds. The first-order valence-electron chi connectivity index (χ1n) is 2.86.